The highest BCUT2D eigenvalue weighted by Gasteiger charge is 1.93. The second-order valence-electron chi connectivity index (χ2n) is 0.505. The van der Waals surface area contributed by atoms with Crippen LogP contribution in [0.3, 0.4) is 0 Å². The summed E-state index contributed by atoms with van der Waals surface area (Å²) in [6, 6.07) is 0. The first-order valence-electron chi connectivity index (χ1n) is 1.17. The summed E-state index contributed by atoms with van der Waals surface area (Å²) in [5.41, 5.74) is 0. The predicted molar refractivity (Wildman–Crippen MR) is 24.1 cm³/mol. The molecule has 0 heterocycles. The van der Waals surface area contributed by atoms with Gasteiger partial charge in [-0.25, -0.2) is 0 Å². The van der Waals surface area contributed by atoms with E-state index in [1.165, 1.54) is 0 Å². The molecule has 0 aromatic rings. The molecule has 0 aromatic carbocycles. The van der Waals surface area contributed by atoms with E-state index in [9.17, 15) is 0 Å². The topological polar surface area (TPSA) is 115 Å². The predicted octanol–water partition coefficient (Wildman–Crippen LogP) is -0.743. The Kier molecular flexibility index (Phi) is 9.61. The van der Waals surface area contributed by atoms with Gasteiger partial charge in [-0.3, -0.25) is 0 Å². The van der Waals surface area contributed by atoms with Crippen molar-refractivity contribution in [1.82, 2.24) is 0 Å². The van der Waals surface area contributed by atoms with Crippen LogP contribution in [-0.4, -0.2) is 19.6 Å². The van der Waals surface area contributed by atoms with E-state index in [4.69, 9.17) is 28.7 Å². The molecule has 0 rings (SSSR count). The first-order valence-corrected chi connectivity index (χ1v) is 3.50. The Morgan fingerprint density at radius 1 is 0.750 bits per heavy atom. The zero-order chi connectivity index (χ0) is 7.15. The average Bonchev–Trinajstić information content (AvgIpc) is 1.25. The summed E-state index contributed by atoms with van der Waals surface area (Å²) in [5.74, 6) is 0. The van der Waals surface area contributed by atoms with Crippen LogP contribution in [0.4, 0.5) is 0 Å². The van der Waals surface area contributed by atoms with Gasteiger partial charge in [-0.05, 0) is 0 Å². The van der Waals surface area contributed by atoms with Crippen LogP contribution in [0.15, 0.2) is 0 Å². The molecule has 0 amide bonds. The van der Waals surface area contributed by atoms with Crippen LogP contribution >= 0.6 is 16.5 Å². The zero-order valence-corrected chi connectivity index (χ0v) is 5.29. The molecule has 0 saturated heterocycles. The van der Waals surface area contributed by atoms with E-state index in [2.05, 4.69) is 0 Å². The first kappa shape index (κ1) is 10.9. The van der Waals surface area contributed by atoms with E-state index in [0.29, 0.717) is 0 Å². The summed E-state index contributed by atoms with van der Waals surface area (Å²) in [6.45, 7) is 0. The first-order chi connectivity index (χ1) is 3.46. The van der Waals surface area contributed by atoms with Crippen molar-refractivity contribution in [2.45, 2.75) is 0 Å². The molecule has 4 N–H and O–H groups in total. The van der Waals surface area contributed by atoms with Crippen molar-refractivity contribution in [1.29, 1.82) is 0 Å². The Balaban J connectivity index is 0. The maximum absolute atomic E-state index is 8.70. The molecule has 0 radical (unpaired) electrons. The van der Waals surface area contributed by atoms with Gasteiger partial charge in [0.05, 0.1) is 0 Å². The monoisotopic (exact) mass is 162 g/mol. The largest absolute Gasteiger partial charge is 0.692 e. The Morgan fingerprint density at radius 3 is 0.750 bits per heavy atom. The van der Waals surface area contributed by atoms with Crippen LogP contribution in [0, 0.1) is 0 Å². The third-order valence-corrected chi connectivity index (χ3v) is 0. The Labute approximate surface area is 46.3 Å². The third kappa shape index (κ3) is 95900. The maximum Gasteiger partial charge on any atom is 0.692 e. The molecule has 0 bridgehead atoms. The molecule has 0 aliphatic heterocycles. The lowest BCUT2D eigenvalue weighted by atomic mass is 15.8. The Hall–Kier alpha value is 0.0400. The van der Waals surface area contributed by atoms with E-state index in [1.807, 2.05) is 0 Å². The number of rotatable bonds is 0. The third-order valence-electron chi connectivity index (χ3n) is 0. The van der Waals surface area contributed by atoms with Gasteiger partial charge in [0.25, 0.3) is 0 Å². The maximum atomic E-state index is 8.70. The van der Waals surface area contributed by atoms with E-state index in [-0.39, 0.29) is 0 Å². The van der Waals surface area contributed by atoms with E-state index < -0.39 is 16.5 Å². The van der Waals surface area contributed by atoms with Gasteiger partial charge in [-0.1, -0.05) is 0 Å². The van der Waals surface area contributed by atoms with Gasteiger partial charge in [0, 0.05) is 9.13 Å². The van der Waals surface area contributed by atoms with Crippen LogP contribution in [0.5, 0.6) is 0 Å². The van der Waals surface area contributed by atoms with E-state index in [0.717, 1.165) is 0 Å². The van der Waals surface area contributed by atoms with Gasteiger partial charge < -0.3 is 0 Å². The molecule has 6 nitrogen and oxygen atoms in total. The Morgan fingerprint density at radius 2 is 0.750 bits per heavy atom. The second-order valence-corrected chi connectivity index (χ2v) is 1.52. The van der Waals surface area contributed by atoms with Crippen molar-refractivity contribution in [2.24, 2.45) is 0 Å². The minimum absolute atomic E-state index is 2.87. The van der Waals surface area contributed by atoms with Gasteiger partial charge in [-0.2, -0.15) is 0 Å². The van der Waals surface area contributed by atoms with Gasteiger partial charge in [0.1, 0.15) is 0 Å². The van der Waals surface area contributed by atoms with Crippen LogP contribution in [-0.2, 0) is 9.13 Å². The van der Waals surface area contributed by atoms with Gasteiger partial charge in [-0.15, -0.1) is 19.6 Å². The summed E-state index contributed by atoms with van der Waals surface area (Å²) in [4.78, 5) is 28.5. The molecule has 0 atom stereocenters. The van der Waals surface area contributed by atoms with Crippen molar-refractivity contribution in [3.05, 3.63) is 0 Å². The highest BCUT2D eigenvalue weighted by molar-refractivity contribution is 7.31. The van der Waals surface area contributed by atoms with Crippen LogP contribution in [0.1, 0.15) is 0 Å². The summed E-state index contributed by atoms with van der Waals surface area (Å²) in [7, 11) is -5.74. The average molecular weight is 162 g/mol. The normalized spacial score (nSPS) is 6.50. The summed E-state index contributed by atoms with van der Waals surface area (Å²) >= 11 is 0. The minimum Gasteiger partial charge on any atom is -0.134 e. The molecule has 8 heteroatoms. The standard InChI is InChI=1S/2HO3P/c2*1-4(2)3/h2*(H-,1,2,3)/p+2. The zero-order valence-electron chi connectivity index (χ0n) is 3.50. The number of hydrogen-bond acceptors (Lipinski definition) is 2. The summed E-state index contributed by atoms with van der Waals surface area (Å²) < 4.78 is 17.4. The molecular formula is H4O6P2+2. The van der Waals surface area contributed by atoms with Gasteiger partial charge >= 0.3 is 16.5 Å². The summed E-state index contributed by atoms with van der Waals surface area (Å²) in [5, 5.41) is 0. The van der Waals surface area contributed by atoms with Crippen LogP contribution in [0.25, 0.3) is 0 Å². The molecule has 48 valence electrons. The lowest BCUT2D eigenvalue weighted by Crippen LogP contribution is -1.38. The molecule has 0 aliphatic rings. The van der Waals surface area contributed by atoms with E-state index in [1.54, 1.807) is 0 Å². The van der Waals surface area contributed by atoms with Crippen LogP contribution < -0.4 is 0 Å². The minimum atomic E-state index is -2.87. The fourth-order valence-electron chi connectivity index (χ4n) is 0. The molecule has 0 fully saturated rings. The van der Waals surface area contributed by atoms with Crippen LogP contribution in [0.2, 0.25) is 0 Å². The number of hydrogen-bond donors (Lipinski definition) is 4. The van der Waals surface area contributed by atoms with E-state index >= 15 is 0 Å². The fraction of sp³-hybridized carbons (Fsp3) is 0. The molecule has 0 spiro atoms. The van der Waals surface area contributed by atoms with Crippen molar-refractivity contribution in [2.75, 3.05) is 0 Å². The van der Waals surface area contributed by atoms with Gasteiger partial charge in [0.2, 0.25) is 0 Å². The SMILES string of the molecule is O=[P+](O)O.O=[P+](O)O. The molecule has 0 aliphatic carbocycles. The molecule has 8 heavy (non-hydrogen) atoms. The quantitative estimate of drug-likeness (QED) is 0.348. The van der Waals surface area contributed by atoms with Crippen molar-refractivity contribution in [3.63, 3.8) is 0 Å². The highest BCUT2D eigenvalue weighted by atomic mass is 31.1. The fourth-order valence-corrected chi connectivity index (χ4v) is 0. The summed E-state index contributed by atoms with van der Waals surface area (Å²) in [6.07, 6.45) is 0. The molecule has 0 unspecified atom stereocenters. The van der Waals surface area contributed by atoms with Crippen molar-refractivity contribution < 1.29 is 28.7 Å². The highest BCUT2D eigenvalue weighted by Crippen LogP contribution is 1.98. The smallest absolute Gasteiger partial charge is 0.134 e. The molecular weight excluding hydrogens is 158 g/mol. The van der Waals surface area contributed by atoms with Crippen molar-refractivity contribution in [3.8, 4) is 0 Å². The lowest BCUT2D eigenvalue weighted by molar-refractivity contribution is 0.403. The Bertz CT molecular complexity index is 64.5. The molecule has 0 saturated carbocycles. The van der Waals surface area contributed by atoms with Gasteiger partial charge in [0.15, 0.2) is 0 Å². The lowest BCUT2D eigenvalue weighted by Gasteiger charge is -1.34. The van der Waals surface area contributed by atoms with Crippen molar-refractivity contribution >= 4 is 16.5 Å². The second kappa shape index (κ2) is 7.04. The molecule has 0 aromatic heterocycles.